The van der Waals surface area contributed by atoms with Crippen LogP contribution in [0.1, 0.15) is 0 Å². The number of alkyl halides is 3. The number of pyridine rings is 1. The first-order chi connectivity index (χ1) is 9.53. The largest absolute Gasteiger partial charge is 0.573 e. The minimum atomic E-state index is -4.74. The van der Waals surface area contributed by atoms with E-state index >= 15 is 0 Å². The summed E-state index contributed by atoms with van der Waals surface area (Å²) in [5, 5.41) is 0.294. The van der Waals surface area contributed by atoms with Crippen LogP contribution in [0, 0.1) is 0 Å². The lowest BCUT2D eigenvalue weighted by Crippen LogP contribution is -2.17. The third-order valence-corrected chi connectivity index (χ3v) is 2.79. The normalized spacial score (nSPS) is 11.8. The smallest absolute Gasteiger partial charge is 0.405 e. The van der Waals surface area contributed by atoms with Gasteiger partial charge in [0.2, 0.25) is 0 Å². The zero-order valence-corrected chi connectivity index (χ0v) is 10.1. The van der Waals surface area contributed by atoms with Gasteiger partial charge >= 0.3 is 6.36 Å². The third-order valence-electron chi connectivity index (χ3n) is 2.79. The summed E-state index contributed by atoms with van der Waals surface area (Å²) in [5.74, 6) is -0.261. The maximum Gasteiger partial charge on any atom is 0.573 e. The van der Waals surface area contributed by atoms with Crippen LogP contribution in [0.3, 0.4) is 0 Å². The van der Waals surface area contributed by atoms with Gasteiger partial charge in [-0.3, -0.25) is 0 Å². The fraction of sp³-hybridized carbons (Fsp3) is 0.0714. The van der Waals surface area contributed by atoms with Crippen LogP contribution in [-0.4, -0.2) is 16.3 Å². The highest BCUT2D eigenvalue weighted by Crippen LogP contribution is 2.33. The monoisotopic (exact) mass is 278 g/mol. The summed E-state index contributed by atoms with van der Waals surface area (Å²) in [6.07, 6.45) is -3.21. The average molecular weight is 278 g/mol. The van der Waals surface area contributed by atoms with Gasteiger partial charge in [-0.2, -0.15) is 0 Å². The number of benzene rings is 1. The van der Waals surface area contributed by atoms with E-state index in [-0.39, 0.29) is 5.75 Å². The molecule has 6 heteroatoms. The first-order valence-electron chi connectivity index (χ1n) is 5.82. The molecule has 0 radical (unpaired) electrons. The summed E-state index contributed by atoms with van der Waals surface area (Å²) < 4.78 is 41.4. The van der Waals surface area contributed by atoms with Crippen LogP contribution in [0.15, 0.2) is 48.7 Å². The molecular formula is C14H9F3N2O. The van der Waals surface area contributed by atoms with E-state index in [9.17, 15) is 13.2 Å². The number of hydrogen-bond acceptors (Lipinski definition) is 2. The van der Waals surface area contributed by atoms with Crippen LogP contribution in [0.2, 0.25) is 0 Å². The number of H-pyrrole nitrogens is 1. The van der Waals surface area contributed by atoms with Crippen molar-refractivity contribution in [3.05, 3.63) is 48.7 Å². The van der Waals surface area contributed by atoms with Gasteiger partial charge in [0.1, 0.15) is 11.4 Å². The van der Waals surface area contributed by atoms with Crippen molar-refractivity contribution < 1.29 is 17.9 Å². The van der Waals surface area contributed by atoms with Gasteiger partial charge in [-0.05, 0) is 6.07 Å². The lowest BCUT2D eigenvalue weighted by atomic mass is 10.1. The molecule has 1 aromatic carbocycles. The molecular weight excluding hydrogens is 269 g/mol. The molecule has 0 bridgehead atoms. The first-order valence-corrected chi connectivity index (χ1v) is 5.82. The van der Waals surface area contributed by atoms with Crippen LogP contribution < -0.4 is 4.74 Å². The van der Waals surface area contributed by atoms with E-state index in [1.54, 1.807) is 24.3 Å². The van der Waals surface area contributed by atoms with Gasteiger partial charge in [0.25, 0.3) is 0 Å². The van der Waals surface area contributed by atoms with E-state index in [0.29, 0.717) is 16.7 Å². The van der Waals surface area contributed by atoms with E-state index in [4.69, 9.17) is 0 Å². The molecule has 2 heterocycles. The number of fused-ring (bicyclic) bond motifs is 1. The van der Waals surface area contributed by atoms with Crippen LogP contribution in [0.5, 0.6) is 5.75 Å². The molecule has 1 N–H and O–H groups in total. The van der Waals surface area contributed by atoms with Crippen molar-refractivity contribution in [2.24, 2.45) is 0 Å². The Bertz CT molecular complexity index is 735. The van der Waals surface area contributed by atoms with E-state index in [1.165, 1.54) is 18.3 Å². The molecule has 0 saturated carbocycles. The highest BCUT2D eigenvalue weighted by atomic mass is 19.4. The van der Waals surface area contributed by atoms with Gasteiger partial charge in [0.05, 0.1) is 11.1 Å². The number of aromatic amines is 1. The third kappa shape index (κ3) is 2.45. The SMILES string of the molecule is FC(F)(F)Oc1cc(-c2ccccc2)nc2[nH]ccc12. The predicted molar refractivity (Wildman–Crippen MR) is 68.2 cm³/mol. The Kier molecular flexibility index (Phi) is 2.85. The van der Waals surface area contributed by atoms with Crippen molar-refractivity contribution in [2.75, 3.05) is 0 Å². The Hall–Kier alpha value is -2.50. The second-order valence-electron chi connectivity index (χ2n) is 4.16. The molecule has 20 heavy (non-hydrogen) atoms. The first kappa shape index (κ1) is 12.5. The molecule has 0 saturated heterocycles. The van der Waals surface area contributed by atoms with Crippen molar-refractivity contribution in [3.8, 4) is 17.0 Å². The number of aromatic nitrogens is 2. The van der Waals surface area contributed by atoms with Crippen molar-refractivity contribution in [1.82, 2.24) is 9.97 Å². The summed E-state index contributed by atoms with van der Waals surface area (Å²) in [7, 11) is 0. The molecule has 3 rings (SSSR count). The summed E-state index contributed by atoms with van der Waals surface area (Å²) in [6, 6.07) is 11.7. The molecule has 0 atom stereocenters. The molecule has 0 spiro atoms. The Morgan fingerprint density at radius 3 is 2.50 bits per heavy atom. The summed E-state index contributed by atoms with van der Waals surface area (Å²) >= 11 is 0. The molecule has 102 valence electrons. The quantitative estimate of drug-likeness (QED) is 0.765. The van der Waals surface area contributed by atoms with E-state index in [0.717, 1.165) is 5.56 Å². The minimum absolute atomic E-state index is 0.261. The van der Waals surface area contributed by atoms with Crippen LogP contribution in [0.4, 0.5) is 13.2 Å². The number of ether oxygens (including phenoxy) is 1. The maximum atomic E-state index is 12.5. The van der Waals surface area contributed by atoms with Gasteiger partial charge in [-0.15, -0.1) is 13.2 Å². The second-order valence-corrected chi connectivity index (χ2v) is 4.16. The number of nitrogens with one attached hydrogen (secondary N) is 1. The molecule has 3 aromatic rings. The maximum absolute atomic E-state index is 12.5. The van der Waals surface area contributed by atoms with E-state index in [1.807, 2.05) is 6.07 Å². The molecule has 0 fully saturated rings. The van der Waals surface area contributed by atoms with Gasteiger partial charge in [0.15, 0.2) is 0 Å². The Morgan fingerprint density at radius 2 is 1.80 bits per heavy atom. The average Bonchev–Trinajstić information content (AvgIpc) is 2.86. The van der Waals surface area contributed by atoms with Crippen LogP contribution >= 0.6 is 0 Å². The number of nitrogens with zero attached hydrogens (tertiary/aromatic N) is 1. The standard InChI is InChI=1S/C14H9F3N2O/c15-14(16,17)20-12-8-11(9-4-2-1-3-5-9)19-13-10(12)6-7-18-13/h1-8H,(H,18,19). The lowest BCUT2D eigenvalue weighted by molar-refractivity contribution is -0.274. The van der Waals surface area contributed by atoms with Crippen LogP contribution in [0.25, 0.3) is 22.3 Å². The lowest BCUT2D eigenvalue weighted by Gasteiger charge is -2.11. The molecule has 0 aliphatic heterocycles. The van der Waals surface area contributed by atoms with Gasteiger partial charge in [0, 0.05) is 17.8 Å². The topological polar surface area (TPSA) is 37.9 Å². The fourth-order valence-corrected chi connectivity index (χ4v) is 1.97. The highest BCUT2D eigenvalue weighted by Gasteiger charge is 2.32. The van der Waals surface area contributed by atoms with Gasteiger partial charge in [-0.25, -0.2) is 4.98 Å². The van der Waals surface area contributed by atoms with Crippen molar-refractivity contribution >= 4 is 11.0 Å². The minimum Gasteiger partial charge on any atom is -0.405 e. The molecule has 2 aromatic heterocycles. The Balaban J connectivity index is 2.16. The summed E-state index contributed by atoms with van der Waals surface area (Å²) in [5.41, 5.74) is 1.49. The van der Waals surface area contributed by atoms with Crippen molar-refractivity contribution in [1.29, 1.82) is 0 Å². The zero-order valence-electron chi connectivity index (χ0n) is 10.1. The molecule has 3 nitrogen and oxygen atoms in total. The molecule has 0 amide bonds. The Labute approximate surface area is 112 Å². The van der Waals surface area contributed by atoms with Crippen molar-refractivity contribution in [2.45, 2.75) is 6.36 Å². The van der Waals surface area contributed by atoms with Gasteiger partial charge in [-0.1, -0.05) is 30.3 Å². The molecule has 0 unspecified atom stereocenters. The summed E-state index contributed by atoms with van der Waals surface area (Å²) in [6.45, 7) is 0. The van der Waals surface area contributed by atoms with Crippen molar-refractivity contribution in [3.63, 3.8) is 0 Å². The highest BCUT2D eigenvalue weighted by molar-refractivity contribution is 5.85. The molecule has 0 aliphatic carbocycles. The molecule has 0 aliphatic rings. The zero-order chi connectivity index (χ0) is 14.2. The Morgan fingerprint density at radius 1 is 1.05 bits per heavy atom. The fourth-order valence-electron chi connectivity index (χ4n) is 1.97. The van der Waals surface area contributed by atoms with E-state index < -0.39 is 6.36 Å². The van der Waals surface area contributed by atoms with E-state index in [2.05, 4.69) is 14.7 Å². The number of hydrogen-bond donors (Lipinski definition) is 1. The van der Waals surface area contributed by atoms with Gasteiger partial charge < -0.3 is 9.72 Å². The van der Waals surface area contributed by atoms with Crippen LogP contribution in [-0.2, 0) is 0 Å². The predicted octanol–water partition coefficient (Wildman–Crippen LogP) is 4.13. The second kappa shape index (κ2) is 4.56. The summed E-state index contributed by atoms with van der Waals surface area (Å²) in [4.78, 5) is 7.09. The number of halogens is 3. The number of rotatable bonds is 2.